The van der Waals surface area contributed by atoms with Crippen LogP contribution in [0, 0.1) is 9.49 Å². The predicted molar refractivity (Wildman–Crippen MR) is 69.2 cm³/mol. The summed E-state index contributed by atoms with van der Waals surface area (Å²) in [4.78, 5) is 14.8. The summed E-state index contributed by atoms with van der Waals surface area (Å²) in [5.41, 5.74) is 0.0675. The Bertz CT molecular complexity index is 400. The molecule has 0 bridgehead atoms. The number of nitrogens with one attached hydrogen (secondary N) is 2. The fraction of sp³-hybridized carbons (Fsp3) is 0.545. The minimum Gasteiger partial charge on any atom is -0.394 e. The van der Waals surface area contributed by atoms with Gasteiger partial charge in [0.25, 0.3) is 5.91 Å². The van der Waals surface area contributed by atoms with E-state index in [2.05, 4.69) is 32.9 Å². The van der Waals surface area contributed by atoms with E-state index < -0.39 is 5.54 Å². The molecule has 1 atom stereocenters. The van der Waals surface area contributed by atoms with E-state index in [0.29, 0.717) is 11.6 Å². The number of aliphatic hydroxyl groups excluding tert-OH is 1. The Balaban J connectivity index is 2.06. The minimum absolute atomic E-state index is 0.0127. The van der Waals surface area contributed by atoms with Crippen LogP contribution < -0.4 is 5.32 Å². The second-order valence-corrected chi connectivity index (χ2v) is 5.78. The number of rotatable bonds is 4. The number of carbonyl (C=O) groups is 1. The molecule has 0 radical (unpaired) electrons. The third-order valence-electron chi connectivity index (χ3n) is 3.10. The normalized spacial score (nSPS) is 19.2. The van der Waals surface area contributed by atoms with Gasteiger partial charge in [-0.25, -0.2) is 0 Å². The van der Waals surface area contributed by atoms with Crippen LogP contribution in [-0.2, 0) is 0 Å². The topological polar surface area (TPSA) is 65.1 Å². The maximum Gasteiger partial charge on any atom is 0.268 e. The van der Waals surface area contributed by atoms with Crippen molar-refractivity contribution in [1.29, 1.82) is 0 Å². The van der Waals surface area contributed by atoms with E-state index in [1.807, 2.05) is 6.92 Å². The van der Waals surface area contributed by atoms with Crippen molar-refractivity contribution in [2.24, 2.45) is 5.92 Å². The van der Waals surface area contributed by atoms with Crippen LogP contribution in [0.3, 0.4) is 0 Å². The third kappa shape index (κ3) is 2.40. The smallest absolute Gasteiger partial charge is 0.268 e. The number of halogens is 1. The summed E-state index contributed by atoms with van der Waals surface area (Å²) in [5, 5.41) is 12.3. The molecule has 1 amide bonds. The number of amides is 1. The van der Waals surface area contributed by atoms with E-state index in [9.17, 15) is 9.90 Å². The zero-order valence-electron chi connectivity index (χ0n) is 9.09. The van der Waals surface area contributed by atoms with Crippen LogP contribution >= 0.6 is 22.6 Å². The zero-order valence-corrected chi connectivity index (χ0v) is 11.2. The van der Waals surface area contributed by atoms with E-state index in [-0.39, 0.29) is 12.5 Å². The third-order valence-corrected chi connectivity index (χ3v) is 3.72. The summed E-state index contributed by atoms with van der Waals surface area (Å²) in [6.45, 7) is 1.89. The number of aromatic amines is 1. The fourth-order valence-corrected chi connectivity index (χ4v) is 2.28. The van der Waals surface area contributed by atoms with Crippen molar-refractivity contribution in [2.75, 3.05) is 6.61 Å². The van der Waals surface area contributed by atoms with Crippen LogP contribution in [0.25, 0.3) is 0 Å². The van der Waals surface area contributed by atoms with E-state index >= 15 is 0 Å². The summed E-state index contributed by atoms with van der Waals surface area (Å²) >= 11 is 2.15. The molecule has 1 unspecified atom stereocenters. The second-order valence-electron chi connectivity index (χ2n) is 4.54. The van der Waals surface area contributed by atoms with Crippen LogP contribution in [0.15, 0.2) is 12.3 Å². The Morgan fingerprint density at radius 3 is 2.88 bits per heavy atom. The van der Waals surface area contributed by atoms with Gasteiger partial charge in [0.2, 0.25) is 0 Å². The summed E-state index contributed by atoms with van der Waals surface area (Å²) < 4.78 is 1.000. The highest BCUT2D eigenvalue weighted by atomic mass is 127. The lowest BCUT2D eigenvalue weighted by Gasteiger charge is -2.28. The largest absolute Gasteiger partial charge is 0.394 e. The van der Waals surface area contributed by atoms with E-state index in [0.717, 1.165) is 16.4 Å². The molecule has 1 aromatic heterocycles. The summed E-state index contributed by atoms with van der Waals surface area (Å²) in [6.07, 6.45) is 3.95. The molecule has 0 spiro atoms. The van der Waals surface area contributed by atoms with E-state index in [1.54, 1.807) is 12.3 Å². The van der Waals surface area contributed by atoms with Gasteiger partial charge in [0.1, 0.15) is 5.69 Å². The van der Waals surface area contributed by atoms with Crippen LogP contribution in [0.4, 0.5) is 0 Å². The maximum absolute atomic E-state index is 11.9. The summed E-state index contributed by atoms with van der Waals surface area (Å²) in [7, 11) is 0. The fourth-order valence-electron chi connectivity index (χ4n) is 1.82. The second kappa shape index (κ2) is 4.37. The molecular weight excluding hydrogens is 319 g/mol. The van der Waals surface area contributed by atoms with Crippen LogP contribution in [0.1, 0.15) is 30.3 Å². The Hall–Kier alpha value is -0.560. The summed E-state index contributed by atoms with van der Waals surface area (Å²) in [6, 6.07) is 1.79. The highest BCUT2D eigenvalue weighted by Crippen LogP contribution is 2.39. The molecule has 0 aliphatic heterocycles. The first-order valence-electron chi connectivity index (χ1n) is 5.32. The lowest BCUT2D eigenvalue weighted by Crippen LogP contribution is -2.50. The molecule has 1 aliphatic rings. The molecule has 0 saturated heterocycles. The highest BCUT2D eigenvalue weighted by Gasteiger charge is 2.42. The molecule has 0 aromatic carbocycles. The number of hydrogen-bond donors (Lipinski definition) is 3. The zero-order chi connectivity index (χ0) is 11.8. The molecule has 3 N–H and O–H groups in total. The van der Waals surface area contributed by atoms with Gasteiger partial charge in [-0.1, -0.05) is 0 Å². The summed E-state index contributed by atoms with van der Waals surface area (Å²) in [5.74, 6) is 0.266. The van der Waals surface area contributed by atoms with E-state index in [4.69, 9.17) is 0 Å². The van der Waals surface area contributed by atoms with Crippen molar-refractivity contribution in [3.05, 3.63) is 21.5 Å². The Morgan fingerprint density at radius 1 is 1.75 bits per heavy atom. The molecule has 4 nitrogen and oxygen atoms in total. The van der Waals surface area contributed by atoms with Crippen LogP contribution in [-0.4, -0.2) is 28.1 Å². The quantitative estimate of drug-likeness (QED) is 0.731. The minimum atomic E-state index is -0.479. The number of carbonyl (C=O) groups excluding carboxylic acids is 1. The van der Waals surface area contributed by atoms with Crippen molar-refractivity contribution in [3.8, 4) is 0 Å². The van der Waals surface area contributed by atoms with Gasteiger partial charge < -0.3 is 15.4 Å². The molecule has 5 heteroatoms. The van der Waals surface area contributed by atoms with Crippen molar-refractivity contribution in [2.45, 2.75) is 25.3 Å². The van der Waals surface area contributed by atoms with Crippen LogP contribution in [0.2, 0.25) is 0 Å². The van der Waals surface area contributed by atoms with Crippen molar-refractivity contribution >= 4 is 28.5 Å². The van der Waals surface area contributed by atoms with Gasteiger partial charge in [-0.05, 0) is 54.3 Å². The number of aliphatic hydroxyl groups is 1. The van der Waals surface area contributed by atoms with Gasteiger partial charge in [0.15, 0.2) is 0 Å². The first kappa shape index (κ1) is 11.9. The number of hydrogen-bond acceptors (Lipinski definition) is 2. The molecular formula is C11H15IN2O2. The van der Waals surface area contributed by atoms with E-state index in [1.165, 1.54) is 0 Å². The number of aromatic nitrogens is 1. The molecule has 16 heavy (non-hydrogen) atoms. The Labute approximate surface area is 108 Å². The van der Waals surface area contributed by atoms with Crippen molar-refractivity contribution in [3.63, 3.8) is 0 Å². The maximum atomic E-state index is 11.9. The standard InChI is InChI=1S/C11H15IN2O2/c1-11(6-15,7-2-3-7)14-10(16)9-4-8(12)5-13-9/h4-5,7,13,15H,2-3,6H2,1H3,(H,14,16). The lowest BCUT2D eigenvalue weighted by atomic mass is 9.97. The first-order valence-corrected chi connectivity index (χ1v) is 6.40. The van der Waals surface area contributed by atoms with Gasteiger partial charge in [0.05, 0.1) is 12.1 Å². The van der Waals surface area contributed by atoms with Gasteiger partial charge in [-0.15, -0.1) is 0 Å². The molecule has 1 aromatic rings. The molecule has 1 fully saturated rings. The Morgan fingerprint density at radius 2 is 2.44 bits per heavy atom. The monoisotopic (exact) mass is 334 g/mol. The van der Waals surface area contributed by atoms with Gasteiger partial charge in [-0.3, -0.25) is 4.79 Å². The molecule has 1 heterocycles. The predicted octanol–water partition coefficient (Wildman–Crippen LogP) is 1.51. The lowest BCUT2D eigenvalue weighted by molar-refractivity contribution is 0.0820. The van der Waals surface area contributed by atoms with Crippen LogP contribution in [0.5, 0.6) is 0 Å². The molecule has 1 saturated carbocycles. The van der Waals surface area contributed by atoms with Crippen molar-refractivity contribution in [1.82, 2.24) is 10.3 Å². The average Bonchev–Trinajstić information content (AvgIpc) is 3.02. The molecule has 1 aliphatic carbocycles. The first-order chi connectivity index (χ1) is 7.55. The van der Waals surface area contributed by atoms with Gasteiger partial charge in [0, 0.05) is 9.77 Å². The molecule has 2 rings (SSSR count). The SMILES string of the molecule is CC(CO)(NC(=O)c1cc(I)c[nH]1)C1CC1. The molecule has 88 valence electrons. The highest BCUT2D eigenvalue weighted by molar-refractivity contribution is 14.1. The van der Waals surface area contributed by atoms with Gasteiger partial charge >= 0.3 is 0 Å². The number of H-pyrrole nitrogens is 1. The average molecular weight is 334 g/mol. The Kier molecular flexibility index (Phi) is 3.25. The van der Waals surface area contributed by atoms with Gasteiger partial charge in [-0.2, -0.15) is 0 Å². The van der Waals surface area contributed by atoms with Crippen molar-refractivity contribution < 1.29 is 9.90 Å².